The van der Waals surface area contributed by atoms with Gasteiger partial charge in [0.2, 0.25) is 0 Å². The maximum absolute atomic E-state index is 14.2. The van der Waals surface area contributed by atoms with Crippen molar-refractivity contribution in [3.05, 3.63) is 65.2 Å². The molecule has 0 aromatic heterocycles. The van der Waals surface area contributed by atoms with Gasteiger partial charge in [-0.15, -0.1) is 0 Å². The van der Waals surface area contributed by atoms with Crippen molar-refractivity contribution in [2.75, 3.05) is 33.7 Å². The Morgan fingerprint density at radius 2 is 1.70 bits per heavy atom. The first kappa shape index (κ1) is 21.2. The molecule has 0 aliphatic carbocycles. The zero-order valence-electron chi connectivity index (χ0n) is 15.2. The molecule has 2 rings (SSSR count). The Labute approximate surface area is 157 Å². The zero-order valence-corrected chi connectivity index (χ0v) is 15.2. The molecule has 0 heterocycles. The average molecular weight is 382 g/mol. The molecule has 2 aromatic carbocycles. The van der Waals surface area contributed by atoms with Gasteiger partial charge in [-0.1, -0.05) is 30.3 Å². The minimum atomic E-state index is -1.06. The lowest BCUT2D eigenvalue weighted by molar-refractivity contribution is -0.0868. The maximum atomic E-state index is 14.2. The summed E-state index contributed by atoms with van der Waals surface area (Å²) in [5.41, 5.74) is 0.682. The number of aliphatic hydroxyl groups excluding tert-OH is 1. The van der Waals surface area contributed by atoms with Crippen LogP contribution in [0.25, 0.3) is 0 Å². The lowest BCUT2D eigenvalue weighted by Crippen LogP contribution is -2.21. The minimum Gasteiger partial charge on any atom is -0.489 e. The molecule has 0 radical (unpaired) electrons. The molecule has 148 valence electrons. The highest BCUT2D eigenvalue weighted by Crippen LogP contribution is 2.23. The van der Waals surface area contributed by atoms with Crippen LogP contribution in [0.1, 0.15) is 11.1 Å². The van der Waals surface area contributed by atoms with Gasteiger partial charge < -0.3 is 24.1 Å². The van der Waals surface area contributed by atoms with Crippen LogP contribution in [0.5, 0.6) is 5.75 Å². The molecule has 0 aliphatic heterocycles. The monoisotopic (exact) mass is 382 g/mol. The SMILES string of the molecule is COCCOCOCC(O)Cc1c(F)cc(OCc2ccccc2)cc1F. The lowest BCUT2D eigenvalue weighted by Gasteiger charge is -2.14. The Kier molecular flexibility index (Phi) is 9.13. The van der Waals surface area contributed by atoms with E-state index < -0.39 is 17.7 Å². The minimum absolute atomic E-state index is 0.0301. The van der Waals surface area contributed by atoms with Crippen molar-refractivity contribution in [1.82, 2.24) is 0 Å². The van der Waals surface area contributed by atoms with Crippen LogP contribution in [-0.4, -0.2) is 44.9 Å². The van der Waals surface area contributed by atoms with Crippen molar-refractivity contribution in [2.45, 2.75) is 19.1 Å². The molecule has 0 saturated heterocycles. The molecule has 0 saturated carbocycles. The molecule has 1 atom stereocenters. The van der Waals surface area contributed by atoms with E-state index >= 15 is 0 Å². The zero-order chi connectivity index (χ0) is 19.5. The van der Waals surface area contributed by atoms with Crippen LogP contribution in [0.4, 0.5) is 8.78 Å². The Hall–Kier alpha value is -2.06. The van der Waals surface area contributed by atoms with E-state index in [-0.39, 0.29) is 37.7 Å². The van der Waals surface area contributed by atoms with E-state index in [1.54, 1.807) is 7.11 Å². The maximum Gasteiger partial charge on any atom is 0.146 e. The number of hydrogen-bond acceptors (Lipinski definition) is 5. The first-order valence-electron chi connectivity index (χ1n) is 8.57. The van der Waals surface area contributed by atoms with E-state index in [4.69, 9.17) is 18.9 Å². The molecular formula is C20H24F2O5. The van der Waals surface area contributed by atoms with E-state index in [0.29, 0.717) is 13.2 Å². The van der Waals surface area contributed by atoms with Crippen LogP contribution in [0.3, 0.4) is 0 Å². The number of benzene rings is 2. The Morgan fingerprint density at radius 1 is 1.00 bits per heavy atom. The first-order valence-corrected chi connectivity index (χ1v) is 8.57. The van der Waals surface area contributed by atoms with Crippen molar-refractivity contribution >= 4 is 0 Å². The Morgan fingerprint density at radius 3 is 2.37 bits per heavy atom. The van der Waals surface area contributed by atoms with Gasteiger partial charge >= 0.3 is 0 Å². The molecule has 7 heteroatoms. The molecule has 2 aromatic rings. The largest absolute Gasteiger partial charge is 0.489 e. The normalized spacial score (nSPS) is 12.1. The van der Waals surface area contributed by atoms with Gasteiger partial charge in [0.25, 0.3) is 0 Å². The third-order valence-corrected chi connectivity index (χ3v) is 3.71. The van der Waals surface area contributed by atoms with E-state index in [9.17, 15) is 13.9 Å². The molecule has 0 amide bonds. The number of ether oxygens (including phenoxy) is 4. The third kappa shape index (κ3) is 7.60. The van der Waals surface area contributed by atoms with Crippen LogP contribution in [0.2, 0.25) is 0 Å². The number of halogens is 2. The van der Waals surface area contributed by atoms with Crippen molar-refractivity contribution < 1.29 is 32.8 Å². The summed E-state index contributed by atoms with van der Waals surface area (Å²) in [5.74, 6) is -1.45. The standard InChI is InChI=1S/C20H24F2O5/c1-24-7-8-25-14-26-13-16(23)9-18-19(21)10-17(11-20(18)22)27-12-15-5-3-2-4-6-15/h2-6,10-11,16,23H,7-9,12-14H2,1H3. The van der Waals surface area contributed by atoms with Gasteiger partial charge in [-0.25, -0.2) is 8.78 Å². The van der Waals surface area contributed by atoms with Gasteiger partial charge in [0, 0.05) is 31.2 Å². The summed E-state index contributed by atoms with van der Waals surface area (Å²) in [6.07, 6.45) is -1.27. The van der Waals surface area contributed by atoms with Crippen LogP contribution < -0.4 is 4.74 Å². The second-order valence-electron chi connectivity index (χ2n) is 5.89. The quantitative estimate of drug-likeness (QED) is 0.452. The summed E-state index contributed by atoms with van der Waals surface area (Å²) in [6.45, 7) is 0.871. The summed E-state index contributed by atoms with van der Waals surface area (Å²) >= 11 is 0. The van der Waals surface area contributed by atoms with Gasteiger partial charge in [0.1, 0.15) is 30.8 Å². The average Bonchev–Trinajstić information content (AvgIpc) is 2.66. The van der Waals surface area contributed by atoms with E-state index in [1.165, 1.54) is 0 Å². The highest BCUT2D eigenvalue weighted by Gasteiger charge is 2.16. The predicted molar refractivity (Wildman–Crippen MR) is 95.5 cm³/mol. The second kappa shape index (κ2) is 11.6. The fourth-order valence-electron chi connectivity index (χ4n) is 2.34. The van der Waals surface area contributed by atoms with Gasteiger partial charge in [-0.3, -0.25) is 0 Å². The number of methoxy groups -OCH3 is 1. The second-order valence-corrected chi connectivity index (χ2v) is 5.89. The van der Waals surface area contributed by atoms with Crippen LogP contribution in [0, 0.1) is 11.6 Å². The first-order chi connectivity index (χ1) is 13.1. The molecule has 0 aliphatic rings. The third-order valence-electron chi connectivity index (χ3n) is 3.71. The van der Waals surface area contributed by atoms with Gasteiger partial charge in [0.15, 0.2) is 0 Å². The number of hydrogen-bond donors (Lipinski definition) is 1. The van der Waals surface area contributed by atoms with Crippen molar-refractivity contribution in [3.63, 3.8) is 0 Å². The Bertz CT molecular complexity index is 658. The van der Waals surface area contributed by atoms with Gasteiger partial charge in [0.05, 0.1) is 25.9 Å². The molecule has 1 N–H and O–H groups in total. The van der Waals surface area contributed by atoms with Crippen LogP contribution in [-0.2, 0) is 27.2 Å². The molecule has 1 unspecified atom stereocenters. The van der Waals surface area contributed by atoms with Crippen molar-refractivity contribution in [2.24, 2.45) is 0 Å². The topological polar surface area (TPSA) is 57.2 Å². The predicted octanol–water partition coefficient (Wildman–Crippen LogP) is 3.08. The lowest BCUT2D eigenvalue weighted by atomic mass is 10.1. The molecule has 5 nitrogen and oxygen atoms in total. The fraction of sp³-hybridized carbons (Fsp3) is 0.400. The highest BCUT2D eigenvalue weighted by atomic mass is 19.1. The van der Waals surface area contributed by atoms with Crippen LogP contribution in [0.15, 0.2) is 42.5 Å². The fourth-order valence-corrected chi connectivity index (χ4v) is 2.34. The van der Waals surface area contributed by atoms with E-state index in [1.807, 2.05) is 30.3 Å². The van der Waals surface area contributed by atoms with E-state index in [0.717, 1.165) is 17.7 Å². The summed E-state index contributed by atoms with van der Waals surface area (Å²) in [4.78, 5) is 0. The summed E-state index contributed by atoms with van der Waals surface area (Å²) in [5, 5.41) is 9.91. The highest BCUT2D eigenvalue weighted by molar-refractivity contribution is 5.31. The van der Waals surface area contributed by atoms with Gasteiger partial charge in [-0.2, -0.15) is 0 Å². The summed E-state index contributed by atoms with van der Waals surface area (Å²) in [7, 11) is 1.55. The number of rotatable bonds is 12. The number of aliphatic hydroxyl groups is 1. The molecule has 0 fully saturated rings. The molecule has 27 heavy (non-hydrogen) atoms. The van der Waals surface area contributed by atoms with E-state index in [2.05, 4.69) is 0 Å². The summed E-state index contributed by atoms with van der Waals surface area (Å²) in [6, 6.07) is 11.5. The van der Waals surface area contributed by atoms with Crippen molar-refractivity contribution in [1.29, 1.82) is 0 Å². The molecule has 0 spiro atoms. The molecule has 0 bridgehead atoms. The van der Waals surface area contributed by atoms with Crippen molar-refractivity contribution in [3.8, 4) is 5.75 Å². The smallest absolute Gasteiger partial charge is 0.146 e. The van der Waals surface area contributed by atoms with Crippen LogP contribution >= 0.6 is 0 Å². The van der Waals surface area contributed by atoms with Gasteiger partial charge in [-0.05, 0) is 5.56 Å². The molecular weight excluding hydrogens is 358 g/mol. The Balaban J connectivity index is 1.82. The summed E-state index contributed by atoms with van der Waals surface area (Å²) < 4.78 is 48.8.